The summed E-state index contributed by atoms with van der Waals surface area (Å²) in [5, 5.41) is 9.17. The molecule has 0 aromatic rings. The molecule has 1 amide bonds. The first-order valence-electron chi connectivity index (χ1n) is 5.86. The van der Waals surface area contributed by atoms with Crippen LogP contribution in [0, 0.1) is 0 Å². The number of carbonyl (C=O) groups is 1. The largest absolute Gasteiger partial charge is 0.393 e. The summed E-state index contributed by atoms with van der Waals surface area (Å²) < 4.78 is 0. The van der Waals surface area contributed by atoms with E-state index in [2.05, 4.69) is 4.99 Å². The van der Waals surface area contributed by atoms with Crippen molar-refractivity contribution in [3.63, 3.8) is 0 Å². The zero-order valence-electron chi connectivity index (χ0n) is 10.8. The lowest BCUT2D eigenvalue weighted by Crippen LogP contribution is -2.34. The van der Waals surface area contributed by atoms with E-state index < -0.39 is 6.10 Å². The van der Waals surface area contributed by atoms with Gasteiger partial charge < -0.3 is 20.6 Å². The maximum absolute atomic E-state index is 11.7. The molecule has 0 aromatic heterocycles. The number of hydrogen-bond acceptors (Lipinski definition) is 3. The van der Waals surface area contributed by atoms with Gasteiger partial charge in [0, 0.05) is 27.2 Å². The third-order valence-electron chi connectivity index (χ3n) is 2.76. The average Bonchev–Trinajstić information content (AvgIpc) is 2.65. The Morgan fingerprint density at radius 1 is 1.65 bits per heavy atom. The van der Waals surface area contributed by atoms with Gasteiger partial charge in [-0.15, -0.1) is 0 Å². The van der Waals surface area contributed by atoms with Gasteiger partial charge in [-0.2, -0.15) is 0 Å². The van der Waals surface area contributed by atoms with Crippen LogP contribution in [-0.2, 0) is 4.79 Å². The van der Waals surface area contributed by atoms with E-state index in [9.17, 15) is 4.79 Å². The van der Waals surface area contributed by atoms with Crippen molar-refractivity contribution < 1.29 is 9.90 Å². The predicted molar refractivity (Wildman–Crippen MR) is 66.6 cm³/mol. The lowest BCUT2D eigenvalue weighted by atomic mass is 10.2. The molecule has 17 heavy (non-hydrogen) atoms. The van der Waals surface area contributed by atoms with Crippen molar-refractivity contribution in [3.05, 3.63) is 0 Å². The summed E-state index contributed by atoms with van der Waals surface area (Å²) in [6.45, 7) is 2.91. The number of rotatable bonds is 3. The van der Waals surface area contributed by atoms with Gasteiger partial charge in [-0.3, -0.25) is 4.79 Å². The normalized spacial score (nSPS) is 22.7. The first-order valence-corrected chi connectivity index (χ1v) is 5.86. The summed E-state index contributed by atoms with van der Waals surface area (Å²) in [6.07, 6.45) is 0.427. The maximum atomic E-state index is 11.7. The fourth-order valence-corrected chi connectivity index (χ4v) is 1.76. The number of nitrogens with two attached hydrogens (primary N) is 1. The van der Waals surface area contributed by atoms with E-state index in [1.807, 2.05) is 14.1 Å². The minimum absolute atomic E-state index is 0.0128. The van der Waals surface area contributed by atoms with Crippen LogP contribution in [-0.4, -0.2) is 66.1 Å². The molecule has 1 heterocycles. The lowest BCUT2D eigenvalue weighted by molar-refractivity contribution is -0.131. The molecule has 98 valence electrons. The van der Waals surface area contributed by atoms with Crippen molar-refractivity contribution in [1.82, 2.24) is 9.80 Å². The van der Waals surface area contributed by atoms with Gasteiger partial charge in [0.05, 0.1) is 18.6 Å². The molecule has 2 unspecified atom stereocenters. The Balaban J connectivity index is 2.47. The van der Waals surface area contributed by atoms with Crippen molar-refractivity contribution in [2.24, 2.45) is 10.7 Å². The van der Waals surface area contributed by atoms with Crippen LogP contribution >= 0.6 is 0 Å². The highest BCUT2D eigenvalue weighted by molar-refractivity contribution is 5.78. The average molecular weight is 242 g/mol. The smallest absolute Gasteiger partial charge is 0.225 e. The predicted octanol–water partition coefficient (Wildman–Crippen LogP) is -0.765. The second kappa shape index (κ2) is 5.86. The van der Waals surface area contributed by atoms with Crippen LogP contribution in [0.1, 0.15) is 19.8 Å². The molecule has 0 radical (unpaired) electrons. The molecule has 0 spiro atoms. The number of likely N-dealkylation sites (tertiary alicyclic amines) is 1. The molecule has 1 fully saturated rings. The topological polar surface area (TPSA) is 82.2 Å². The van der Waals surface area contributed by atoms with Gasteiger partial charge in [0.15, 0.2) is 5.96 Å². The number of guanidine groups is 1. The Hall–Kier alpha value is -1.30. The van der Waals surface area contributed by atoms with E-state index in [0.29, 0.717) is 19.0 Å². The zero-order chi connectivity index (χ0) is 13.0. The van der Waals surface area contributed by atoms with Crippen LogP contribution < -0.4 is 5.73 Å². The molecule has 1 aliphatic heterocycles. The van der Waals surface area contributed by atoms with E-state index >= 15 is 0 Å². The van der Waals surface area contributed by atoms with E-state index in [0.717, 1.165) is 6.42 Å². The van der Waals surface area contributed by atoms with E-state index in [-0.39, 0.29) is 18.4 Å². The minimum Gasteiger partial charge on any atom is -0.393 e. The van der Waals surface area contributed by atoms with Gasteiger partial charge in [-0.1, -0.05) is 0 Å². The monoisotopic (exact) mass is 242 g/mol. The molecule has 1 aliphatic rings. The number of aliphatic hydroxyl groups is 1. The van der Waals surface area contributed by atoms with Crippen molar-refractivity contribution >= 4 is 11.9 Å². The summed E-state index contributed by atoms with van der Waals surface area (Å²) in [7, 11) is 3.67. The van der Waals surface area contributed by atoms with Gasteiger partial charge in [-0.05, 0) is 13.3 Å². The zero-order valence-corrected chi connectivity index (χ0v) is 10.8. The Bertz CT molecular complexity index is 302. The number of amides is 1. The Morgan fingerprint density at radius 3 is 2.82 bits per heavy atom. The lowest BCUT2D eigenvalue weighted by Gasteiger charge is -2.17. The molecule has 0 aromatic carbocycles. The maximum Gasteiger partial charge on any atom is 0.225 e. The number of aliphatic imine (C=N–C) groups is 1. The molecule has 6 heteroatoms. The van der Waals surface area contributed by atoms with Gasteiger partial charge in [-0.25, -0.2) is 4.99 Å². The highest BCUT2D eigenvalue weighted by Crippen LogP contribution is 2.14. The summed E-state index contributed by atoms with van der Waals surface area (Å²) in [5.41, 5.74) is 5.73. The van der Waals surface area contributed by atoms with Crippen LogP contribution in [0.5, 0.6) is 0 Å². The summed E-state index contributed by atoms with van der Waals surface area (Å²) in [4.78, 5) is 19.5. The quantitative estimate of drug-likeness (QED) is 0.503. The van der Waals surface area contributed by atoms with E-state index in [1.165, 1.54) is 0 Å². The first kappa shape index (κ1) is 13.8. The molecule has 1 rings (SSSR count). The SMILES string of the molecule is CC(O)CC(=O)N1CCC(N=C(N)N(C)C)C1. The highest BCUT2D eigenvalue weighted by atomic mass is 16.3. The Morgan fingerprint density at radius 2 is 2.29 bits per heavy atom. The van der Waals surface area contributed by atoms with Crippen LogP contribution in [0.3, 0.4) is 0 Å². The standard InChI is InChI=1S/C11H22N4O2/c1-8(16)6-10(17)15-5-4-9(7-15)13-11(12)14(2)3/h8-9,16H,4-7H2,1-3H3,(H2,12,13). The fraction of sp³-hybridized carbons (Fsp3) is 0.818. The summed E-state index contributed by atoms with van der Waals surface area (Å²) in [5.74, 6) is 0.473. The van der Waals surface area contributed by atoms with Crippen molar-refractivity contribution in [2.45, 2.75) is 31.9 Å². The molecule has 0 aliphatic carbocycles. The molecular formula is C11H22N4O2. The molecule has 3 N–H and O–H groups in total. The van der Waals surface area contributed by atoms with Crippen molar-refractivity contribution in [1.29, 1.82) is 0 Å². The van der Waals surface area contributed by atoms with Crippen LogP contribution in [0.4, 0.5) is 0 Å². The Kier molecular flexibility index (Phi) is 4.74. The van der Waals surface area contributed by atoms with Gasteiger partial charge in [0.1, 0.15) is 0 Å². The first-order chi connectivity index (χ1) is 7.90. The third-order valence-corrected chi connectivity index (χ3v) is 2.76. The summed E-state index contributed by atoms with van der Waals surface area (Å²) >= 11 is 0. The molecular weight excluding hydrogens is 220 g/mol. The third kappa shape index (κ3) is 4.22. The summed E-state index contributed by atoms with van der Waals surface area (Å²) in [6, 6.07) is 0.0790. The number of aliphatic hydroxyl groups excluding tert-OH is 1. The molecule has 0 saturated carbocycles. The van der Waals surface area contributed by atoms with Crippen molar-refractivity contribution in [3.8, 4) is 0 Å². The second-order valence-electron chi connectivity index (χ2n) is 4.72. The van der Waals surface area contributed by atoms with E-state index in [1.54, 1.807) is 16.7 Å². The highest BCUT2D eigenvalue weighted by Gasteiger charge is 2.26. The van der Waals surface area contributed by atoms with Crippen LogP contribution in [0.25, 0.3) is 0 Å². The van der Waals surface area contributed by atoms with E-state index in [4.69, 9.17) is 10.8 Å². The van der Waals surface area contributed by atoms with Gasteiger partial charge >= 0.3 is 0 Å². The van der Waals surface area contributed by atoms with Gasteiger partial charge in [0.2, 0.25) is 5.91 Å². The van der Waals surface area contributed by atoms with Crippen molar-refractivity contribution in [2.75, 3.05) is 27.2 Å². The number of nitrogens with zero attached hydrogens (tertiary/aromatic N) is 3. The van der Waals surface area contributed by atoms with Gasteiger partial charge in [0.25, 0.3) is 0 Å². The number of hydrogen-bond donors (Lipinski definition) is 2. The number of carbonyl (C=O) groups excluding carboxylic acids is 1. The minimum atomic E-state index is -0.586. The second-order valence-corrected chi connectivity index (χ2v) is 4.72. The molecule has 0 bridgehead atoms. The van der Waals surface area contributed by atoms with Crippen LogP contribution in [0.15, 0.2) is 4.99 Å². The molecule has 1 saturated heterocycles. The molecule has 6 nitrogen and oxygen atoms in total. The molecule has 2 atom stereocenters. The van der Waals surface area contributed by atoms with Crippen LogP contribution in [0.2, 0.25) is 0 Å². The fourth-order valence-electron chi connectivity index (χ4n) is 1.76. The Labute approximate surface area is 102 Å².